The second-order valence-corrected chi connectivity index (χ2v) is 5.23. The van der Waals surface area contributed by atoms with Crippen molar-refractivity contribution in [3.8, 4) is 11.5 Å². The van der Waals surface area contributed by atoms with E-state index < -0.39 is 11.8 Å². The summed E-state index contributed by atoms with van der Waals surface area (Å²) in [6.45, 7) is 4.39. The van der Waals surface area contributed by atoms with Crippen LogP contribution < -0.4 is 20.1 Å². The van der Waals surface area contributed by atoms with Gasteiger partial charge in [-0.15, -0.1) is 0 Å². The molecule has 2 aliphatic rings. The summed E-state index contributed by atoms with van der Waals surface area (Å²) in [7, 11) is 0. The molecule has 0 unspecified atom stereocenters. The molecule has 2 aliphatic heterocycles. The molecule has 2 N–H and O–H groups in total. The number of ether oxygens (including phenoxy) is 3. The normalized spacial score (nSPS) is 16.9. The summed E-state index contributed by atoms with van der Waals surface area (Å²) in [5, 5.41) is 5.15. The Morgan fingerprint density at radius 1 is 1.09 bits per heavy atom. The molecule has 1 aromatic carbocycles. The largest absolute Gasteiger partial charge is 0.454 e. The van der Waals surface area contributed by atoms with Crippen molar-refractivity contribution in [1.29, 1.82) is 0 Å². The first kappa shape index (κ1) is 15.6. The highest BCUT2D eigenvalue weighted by Crippen LogP contribution is 2.34. The quantitative estimate of drug-likeness (QED) is 0.747. The zero-order chi connectivity index (χ0) is 16.1. The standard InChI is InChI=1S/C15H19N3O5/c19-14(16-3-4-18-5-7-21-8-6-18)15(20)17-11-1-2-12-13(9-11)23-10-22-12/h1-2,9H,3-8,10H2,(H,16,19)(H,17,20). The summed E-state index contributed by atoms with van der Waals surface area (Å²) in [5.74, 6) is -0.185. The molecular formula is C15H19N3O5. The second-order valence-electron chi connectivity index (χ2n) is 5.23. The van der Waals surface area contributed by atoms with Crippen molar-refractivity contribution >= 4 is 17.5 Å². The summed E-state index contributed by atoms with van der Waals surface area (Å²) < 4.78 is 15.7. The first-order valence-electron chi connectivity index (χ1n) is 7.51. The summed E-state index contributed by atoms with van der Waals surface area (Å²) in [4.78, 5) is 25.8. The first-order chi connectivity index (χ1) is 11.2. The van der Waals surface area contributed by atoms with Gasteiger partial charge in [-0.25, -0.2) is 0 Å². The Balaban J connectivity index is 1.43. The average molecular weight is 321 g/mol. The molecule has 124 valence electrons. The zero-order valence-electron chi connectivity index (χ0n) is 12.7. The Labute approximate surface area is 133 Å². The third-order valence-electron chi connectivity index (χ3n) is 3.65. The van der Waals surface area contributed by atoms with Crippen LogP contribution in [0.1, 0.15) is 0 Å². The van der Waals surface area contributed by atoms with E-state index in [1.807, 2.05) is 0 Å². The van der Waals surface area contributed by atoms with Gasteiger partial charge in [-0.1, -0.05) is 0 Å². The molecule has 0 bridgehead atoms. The molecule has 8 heteroatoms. The second kappa shape index (κ2) is 7.30. The van der Waals surface area contributed by atoms with E-state index in [4.69, 9.17) is 14.2 Å². The minimum absolute atomic E-state index is 0.161. The predicted molar refractivity (Wildman–Crippen MR) is 81.5 cm³/mol. The SMILES string of the molecule is O=C(NCCN1CCOCC1)C(=O)Nc1ccc2c(c1)OCO2. The van der Waals surface area contributed by atoms with Crippen molar-refractivity contribution < 1.29 is 23.8 Å². The lowest BCUT2D eigenvalue weighted by atomic mass is 10.2. The van der Waals surface area contributed by atoms with E-state index in [1.165, 1.54) is 0 Å². The molecule has 1 saturated heterocycles. The van der Waals surface area contributed by atoms with Crippen molar-refractivity contribution in [3.05, 3.63) is 18.2 Å². The Morgan fingerprint density at radius 2 is 1.87 bits per heavy atom. The summed E-state index contributed by atoms with van der Waals surface area (Å²) in [5.41, 5.74) is 0.488. The number of amides is 2. The summed E-state index contributed by atoms with van der Waals surface area (Å²) >= 11 is 0. The van der Waals surface area contributed by atoms with Crippen LogP contribution in [-0.4, -0.2) is 62.9 Å². The van der Waals surface area contributed by atoms with Gasteiger partial charge in [-0.05, 0) is 12.1 Å². The molecule has 1 aromatic rings. The van der Waals surface area contributed by atoms with Gasteiger partial charge >= 0.3 is 11.8 Å². The number of nitrogens with zero attached hydrogens (tertiary/aromatic N) is 1. The maximum Gasteiger partial charge on any atom is 0.313 e. The summed E-state index contributed by atoms with van der Waals surface area (Å²) in [6, 6.07) is 4.97. The Bertz CT molecular complexity index is 586. The average Bonchev–Trinajstić information content (AvgIpc) is 3.03. The van der Waals surface area contributed by atoms with Gasteiger partial charge in [0.1, 0.15) is 0 Å². The van der Waals surface area contributed by atoms with Crippen LogP contribution >= 0.6 is 0 Å². The van der Waals surface area contributed by atoms with E-state index in [0.29, 0.717) is 43.5 Å². The van der Waals surface area contributed by atoms with Gasteiger partial charge in [0.25, 0.3) is 0 Å². The molecule has 0 atom stereocenters. The molecule has 0 radical (unpaired) electrons. The van der Waals surface area contributed by atoms with Crippen LogP contribution in [0.15, 0.2) is 18.2 Å². The number of fused-ring (bicyclic) bond motifs is 1. The van der Waals surface area contributed by atoms with Crippen molar-refractivity contribution in [1.82, 2.24) is 10.2 Å². The maximum atomic E-state index is 11.9. The predicted octanol–water partition coefficient (Wildman–Crippen LogP) is -0.198. The highest BCUT2D eigenvalue weighted by atomic mass is 16.7. The number of rotatable bonds is 4. The fourth-order valence-electron chi connectivity index (χ4n) is 2.39. The minimum Gasteiger partial charge on any atom is -0.454 e. The molecule has 8 nitrogen and oxygen atoms in total. The monoisotopic (exact) mass is 321 g/mol. The van der Waals surface area contributed by atoms with Gasteiger partial charge in [0.05, 0.1) is 13.2 Å². The molecule has 0 saturated carbocycles. The van der Waals surface area contributed by atoms with Crippen LogP contribution in [-0.2, 0) is 14.3 Å². The topological polar surface area (TPSA) is 89.1 Å². The number of benzene rings is 1. The number of carbonyl (C=O) groups is 2. The van der Waals surface area contributed by atoms with Gasteiger partial charge in [0, 0.05) is 37.9 Å². The van der Waals surface area contributed by atoms with Crippen LogP contribution in [0.3, 0.4) is 0 Å². The summed E-state index contributed by atoms with van der Waals surface area (Å²) in [6.07, 6.45) is 0. The number of nitrogens with one attached hydrogen (secondary N) is 2. The fraction of sp³-hybridized carbons (Fsp3) is 0.467. The van der Waals surface area contributed by atoms with Gasteiger partial charge in [-0.3, -0.25) is 14.5 Å². The minimum atomic E-state index is -0.703. The highest BCUT2D eigenvalue weighted by Gasteiger charge is 2.17. The van der Waals surface area contributed by atoms with E-state index in [2.05, 4.69) is 15.5 Å². The fourth-order valence-corrected chi connectivity index (χ4v) is 2.39. The molecule has 2 amide bonds. The number of morpholine rings is 1. The first-order valence-corrected chi connectivity index (χ1v) is 7.51. The van der Waals surface area contributed by atoms with Crippen LogP contribution in [0.25, 0.3) is 0 Å². The third-order valence-corrected chi connectivity index (χ3v) is 3.65. The Morgan fingerprint density at radius 3 is 2.70 bits per heavy atom. The van der Waals surface area contributed by atoms with E-state index >= 15 is 0 Å². The van der Waals surface area contributed by atoms with Gasteiger partial charge in [0.2, 0.25) is 6.79 Å². The Kier molecular flexibility index (Phi) is 4.94. The van der Waals surface area contributed by atoms with Crippen LogP contribution in [0.2, 0.25) is 0 Å². The number of hydrogen-bond acceptors (Lipinski definition) is 6. The molecule has 0 aliphatic carbocycles. The molecule has 3 rings (SSSR count). The number of hydrogen-bond donors (Lipinski definition) is 2. The van der Waals surface area contributed by atoms with Crippen molar-refractivity contribution in [2.45, 2.75) is 0 Å². The lowest BCUT2D eigenvalue weighted by Crippen LogP contribution is -2.43. The van der Waals surface area contributed by atoms with Gasteiger partial charge in [0.15, 0.2) is 11.5 Å². The van der Waals surface area contributed by atoms with Gasteiger partial charge < -0.3 is 24.8 Å². The van der Waals surface area contributed by atoms with Crippen molar-refractivity contribution in [3.63, 3.8) is 0 Å². The van der Waals surface area contributed by atoms with Crippen LogP contribution in [0, 0.1) is 0 Å². The molecule has 0 spiro atoms. The van der Waals surface area contributed by atoms with Crippen molar-refractivity contribution in [2.24, 2.45) is 0 Å². The molecule has 0 aromatic heterocycles. The van der Waals surface area contributed by atoms with E-state index in [1.54, 1.807) is 18.2 Å². The highest BCUT2D eigenvalue weighted by molar-refractivity contribution is 6.39. The number of carbonyl (C=O) groups excluding carboxylic acids is 2. The maximum absolute atomic E-state index is 11.9. The van der Waals surface area contributed by atoms with E-state index in [0.717, 1.165) is 13.1 Å². The van der Waals surface area contributed by atoms with E-state index in [-0.39, 0.29) is 6.79 Å². The lowest BCUT2D eigenvalue weighted by molar-refractivity contribution is -0.136. The van der Waals surface area contributed by atoms with Crippen LogP contribution in [0.4, 0.5) is 5.69 Å². The molecule has 2 heterocycles. The Hall–Kier alpha value is -2.32. The molecule has 23 heavy (non-hydrogen) atoms. The van der Waals surface area contributed by atoms with Crippen molar-refractivity contribution in [2.75, 3.05) is 51.5 Å². The van der Waals surface area contributed by atoms with Gasteiger partial charge in [-0.2, -0.15) is 0 Å². The van der Waals surface area contributed by atoms with E-state index in [9.17, 15) is 9.59 Å². The number of anilines is 1. The molecule has 1 fully saturated rings. The smallest absolute Gasteiger partial charge is 0.313 e. The molecular weight excluding hydrogens is 302 g/mol. The zero-order valence-corrected chi connectivity index (χ0v) is 12.7. The van der Waals surface area contributed by atoms with Crippen LogP contribution in [0.5, 0.6) is 11.5 Å². The third kappa shape index (κ3) is 4.11. The lowest BCUT2D eigenvalue weighted by Gasteiger charge is -2.26.